The second kappa shape index (κ2) is 6.22. The molecule has 0 aliphatic carbocycles. The number of ether oxygens (including phenoxy) is 1. The van der Waals surface area contributed by atoms with Crippen LogP contribution in [-0.4, -0.2) is 11.7 Å². The van der Waals surface area contributed by atoms with Crippen molar-refractivity contribution in [2.75, 3.05) is 6.61 Å². The van der Waals surface area contributed by atoms with Gasteiger partial charge in [0, 0.05) is 6.42 Å². The summed E-state index contributed by atoms with van der Waals surface area (Å²) in [5.74, 6) is 0.843. The molecule has 0 aliphatic rings. The Bertz CT molecular complexity index is 460. The third kappa shape index (κ3) is 3.60. The molecule has 0 aliphatic heterocycles. The van der Waals surface area contributed by atoms with E-state index in [0.717, 1.165) is 17.7 Å². The maximum atomic E-state index is 9.40. The van der Waals surface area contributed by atoms with Crippen LogP contribution >= 0.6 is 0 Å². The zero-order valence-corrected chi connectivity index (χ0v) is 10.5. The standard InChI is InChI=1S/C16H18O2/c1-13(17)15-7-9-16(10-8-15)18-12-11-14-5-3-2-4-6-14/h2-10,13,17H,11-12H2,1H3. The Balaban J connectivity index is 1.83. The molecule has 0 aromatic heterocycles. The van der Waals surface area contributed by atoms with Crippen molar-refractivity contribution in [1.29, 1.82) is 0 Å². The summed E-state index contributed by atoms with van der Waals surface area (Å²) in [5, 5.41) is 9.40. The van der Waals surface area contributed by atoms with Gasteiger partial charge in [-0.15, -0.1) is 0 Å². The van der Waals surface area contributed by atoms with Crippen LogP contribution in [0.1, 0.15) is 24.2 Å². The summed E-state index contributed by atoms with van der Waals surface area (Å²) in [5.41, 5.74) is 2.18. The van der Waals surface area contributed by atoms with E-state index in [2.05, 4.69) is 12.1 Å². The normalized spacial score (nSPS) is 12.1. The molecule has 18 heavy (non-hydrogen) atoms. The molecule has 0 fully saturated rings. The van der Waals surface area contributed by atoms with Gasteiger partial charge in [0.05, 0.1) is 12.7 Å². The van der Waals surface area contributed by atoms with Gasteiger partial charge in [0.25, 0.3) is 0 Å². The molecule has 1 atom stereocenters. The van der Waals surface area contributed by atoms with E-state index in [-0.39, 0.29) is 0 Å². The van der Waals surface area contributed by atoms with Gasteiger partial charge in [-0.05, 0) is 30.2 Å². The summed E-state index contributed by atoms with van der Waals surface area (Å²) in [7, 11) is 0. The van der Waals surface area contributed by atoms with Crippen LogP contribution in [0.2, 0.25) is 0 Å². The lowest BCUT2D eigenvalue weighted by Gasteiger charge is -2.08. The number of hydrogen-bond donors (Lipinski definition) is 1. The number of rotatable bonds is 5. The number of hydrogen-bond acceptors (Lipinski definition) is 2. The monoisotopic (exact) mass is 242 g/mol. The average Bonchev–Trinajstić information content (AvgIpc) is 2.40. The fourth-order valence-corrected chi connectivity index (χ4v) is 1.77. The molecular weight excluding hydrogens is 224 g/mol. The van der Waals surface area contributed by atoms with Crippen molar-refractivity contribution in [2.45, 2.75) is 19.4 Å². The molecule has 1 N–H and O–H groups in total. The van der Waals surface area contributed by atoms with Crippen molar-refractivity contribution in [3.05, 3.63) is 65.7 Å². The molecule has 0 heterocycles. The summed E-state index contributed by atoms with van der Waals surface area (Å²) >= 11 is 0. The van der Waals surface area contributed by atoms with Gasteiger partial charge in [0.2, 0.25) is 0 Å². The van der Waals surface area contributed by atoms with Gasteiger partial charge in [0.1, 0.15) is 5.75 Å². The van der Waals surface area contributed by atoms with Gasteiger partial charge in [-0.25, -0.2) is 0 Å². The van der Waals surface area contributed by atoms with Crippen molar-refractivity contribution in [2.24, 2.45) is 0 Å². The predicted molar refractivity (Wildman–Crippen MR) is 72.7 cm³/mol. The minimum atomic E-state index is -0.427. The molecule has 0 radical (unpaired) electrons. The van der Waals surface area contributed by atoms with E-state index in [9.17, 15) is 5.11 Å². The van der Waals surface area contributed by atoms with E-state index < -0.39 is 6.10 Å². The van der Waals surface area contributed by atoms with E-state index in [4.69, 9.17) is 4.74 Å². The Labute approximate surface area is 108 Å². The number of benzene rings is 2. The minimum Gasteiger partial charge on any atom is -0.493 e. The first-order chi connectivity index (χ1) is 8.75. The van der Waals surface area contributed by atoms with Crippen LogP contribution in [0.5, 0.6) is 5.75 Å². The zero-order valence-electron chi connectivity index (χ0n) is 10.5. The van der Waals surface area contributed by atoms with Crippen LogP contribution < -0.4 is 4.74 Å². The molecule has 2 aromatic rings. The van der Waals surface area contributed by atoms with Gasteiger partial charge >= 0.3 is 0 Å². The molecule has 2 heteroatoms. The lowest BCUT2D eigenvalue weighted by atomic mass is 10.1. The van der Waals surface area contributed by atoms with Gasteiger partial charge in [-0.1, -0.05) is 42.5 Å². The summed E-state index contributed by atoms with van der Waals surface area (Å²) in [4.78, 5) is 0. The van der Waals surface area contributed by atoms with E-state index in [1.165, 1.54) is 5.56 Å². The first-order valence-corrected chi connectivity index (χ1v) is 6.20. The highest BCUT2D eigenvalue weighted by Gasteiger charge is 2.00. The van der Waals surface area contributed by atoms with E-state index in [1.54, 1.807) is 6.92 Å². The third-order valence-electron chi connectivity index (χ3n) is 2.86. The summed E-state index contributed by atoms with van der Waals surface area (Å²) < 4.78 is 5.66. The van der Waals surface area contributed by atoms with E-state index >= 15 is 0 Å². The van der Waals surface area contributed by atoms with Gasteiger partial charge in [-0.3, -0.25) is 0 Å². The Hall–Kier alpha value is -1.80. The fourth-order valence-electron chi connectivity index (χ4n) is 1.77. The van der Waals surface area contributed by atoms with Gasteiger partial charge in [-0.2, -0.15) is 0 Å². The molecule has 1 unspecified atom stereocenters. The van der Waals surface area contributed by atoms with Crippen molar-refractivity contribution in [1.82, 2.24) is 0 Å². The molecule has 0 spiro atoms. The molecule has 0 bridgehead atoms. The molecule has 0 amide bonds. The molecule has 2 rings (SSSR count). The molecule has 0 saturated carbocycles. The maximum absolute atomic E-state index is 9.40. The Morgan fingerprint density at radius 1 is 1.00 bits per heavy atom. The van der Waals surface area contributed by atoms with Crippen LogP contribution in [-0.2, 0) is 6.42 Å². The highest BCUT2D eigenvalue weighted by atomic mass is 16.5. The number of aliphatic hydroxyl groups is 1. The highest BCUT2D eigenvalue weighted by Crippen LogP contribution is 2.17. The van der Waals surface area contributed by atoms with E-state index in [1.807, 2.05) is 42.5 Å². The van der Waals surface area contributed by atoms with Crippen LogP contribution in [0.4, 0.5) is 0 Å². The summed E-state index contributed by atoms with van der Waals surface area (Å²) in [6, 6.07) is 17.9. The van der Waals surface area contributed by atoms with Crippen LogP contribution in [0.3, 0.4) is 0 Å². The molecule has 94 valence electrons. The van der Waals surface area contributed by atoms with Crippen molar-refractivity contribution < 1.29 is 9.84 Å². The molecular formula is C16H18O2. The summed E-state index contributed by atoms with van der Waals surface area (Å²) in [6.45, 7) is 2.42. The number of aliphatic hydroxyl groups excluding tert-OH is 1. The topological polar surface area (TPSA) is 29.5 Å². The van der Waals surface area contributed by atoms with Gasteiger partial charge < -0.3 is 9.84 Å². The lowest BCUT2D eigenvalue weighted by molar-refractivity contribution is 0.199. The van der Waals surface area contributed by atoms with Crippen LogP contribution in [0.25, 0.3) is 0 Å². The third-order valence-corrected chi connectivity index (χ3v) is 2.86. The second-order valence-electron chi connectivity index (χ2n) is 4.33. The molecule has 2 nitrogen and oxygen atoms in total. The molecule has 2 aromatic carbocycles. The SMILES string of the molecule is CC(O)c1ccc(OCCc2ccccc2)cc1. The molecule has 0 saturated heterocycles. The van der Waals surface area contributed by atoms with Crippen LogP contribution in [0.15, 0.2) is 54.6 Å². The first-order valence-electron chi connectivity index (χ1n) is 6.20. The quantitative estimate of drug-likeness (QED) is 0.871. The van der Waals surface area contributed by atoms with E-state index in [0.29, 0.717) is 6.61 Å². The van der Waals surface area contributed by atoms with Crippen LogP contribution in [0, 0.1) is 0 Å². The van der Waals surface area contributed by atoms with Crippen molar-refractivity contribution >= 4 is 0 Å². The summed E-state index contributed by atoms with van der Waals surface area (Å²) in [6.07, 6.45) is 0.474. The Morgan fingerprint density at radius 2 is 1.67 bits per heavy atom. The Morgan fingerprint density at radius 3 is 2.28 bits per heavy atom. The second-order valence-corrected chi connectivity index (χ2v) is 4.33. The predicted octanol–water partition coefficient (Wildman–Crippen LogP) is 3.36. The van der Waals surface area contributed by atoms with Crippen molar-refractivity contribution in [3.63, 3.8) is 0 Å². The minimum absolute atomic E-state index is 0.427. The first kappa shape index (κ1) is 12.7. The largest absolute Gasteiger partial charge is 0.493 e. The van der Waals surface area contributed by atoms with Gasteiger partial charge in [0.15, 0.2) is 0 Å². The Kier molecular flexibility index (Phi) is 4.37. The lowest BCUT2D eigenvalue weighted by Crippen LogP contribution is -2.01. The average molecular weight is 242 g/mol. The smallest absolute Gasteiger partial charge is 0.119 e. The van der Waals surface area contributed by atoms with Crippen molar-refractivity contribution in [3.8, 4) is 5.75 Å². The zero-order chi connectivity index (χ0) is 12.8. The maximum Gasteiger partial charge on any atom is 0.119 e. The highest BCUT2D eigenvalue weighted by molar-refractivity contribution is 5.28. The fraction of sp³-hybridized carbons (Fsp3) is 0.250.